The van der Waals surface area contributed by atoms with E-state index in [1.807, 2.05) is 0 Å². The lowest BCUT2D eigenvalue weighted by molar-refractivity contribution is -0.115. The predicted octanol–water partition coefficient (Wildman–Crippen LogP) is 2.27. The van der Waals surface area contributed by atoms with Crippen LogP contribution in [-0.4, -0.2) is 35.1 Å². The average molecular weight is 385 g/mol. The van der Waals surface area contributed by atoms with Gasteiger partial charge in [0.1, 0.15) is 16.4 Å². The van der Waals surface area contributed by atoms with Crippen LogP contribution in [-0.2, 0) is 14.8 Å². The quantitative estimate of drug-likeness (QED) is 0.763. The standard InChI is InChI=1S/C16H17ClN2O5S/c1-23-13-6-7-14(24-2)15(9-13)25(21,22)18-10-16(20)19-12-5-3-4-11(17)8-12/h3-9,18H,10H2,1-2H3,(H,19,20). The molecule has 0 aliphatic heterocycles. The Kier molecular flexibility index (Phi) is 6.24. The molecule has 0 spiro atoms. The first-order chi connectivity index (χ1) is 11.9. The number of anilines is 1. The van der Waals surface area contributed by atoms with Crippen molar-refractivity contribution in [2.45, 2.75) is 4.90 Å². The van der Waals surface area contributed by atoms with Gasteiger partial charge < -0.3 is 14.8 Å². The number of benzene rings is 2. The molecule has 0 saturated heterocycles. The predicted molar refractivity (Wildman–Crippen MR) is 94.8 cm³/mol. The van der Waals surface area contributed by atoms with Gasteiger partial charge in [-0.05, 0) is 30.3 Å². The zero-order valence-electron chi connectivity index (χ0n) is 13.6. The van der Waals surface area contributed by atoms with Crippen LogP contribution in [0.15, 0.2) is 47.4 Å². The summed E-state index contributed by atoms with van der Waals surface area (Å²) in [5.74, 6) is -0.0409. The fraction of sp³-hybridized carbons (Fsp3) is 0.188. The summed E-state index contributed by atoms with van der Waals surface area (Å²) in [5.41, 5.74) is 0.468. The lowest BCUT2D eigenvalue weighted by Gasteiger charge is -2.12. The van der Waals surface area contributed by atoms with Crippen LogP contribution in [0.1, 0.15) is 0 Å². The zero-order chi connectivity index (χ0) is 18.4. The van der Waals surface area contributed by atoms with E-state index in [0.29, 0.717) is 16.5 Å². The third-order valence-corrected chi connectivity index (χ3v) is 4.85. The Morgan fingerprint density at radius 2 is 1.88 bits per heavy atom. The highest BCUT2D eigenvalue weighted by Crippen LogP contribution is 2.27. The molecule has 0 bridgehead atoms. The van der Waals surface area contributed by atoms with Crippen LogP contribution in [0.4, 0.5) is 5.69 Å². The van der Waals surface area contributed by atoms with Gasteiger partial charge in [0, 0.05) is 16.8 Å². The number of nitrogens with one attached hydrogen (secondary N) is 2. The van der Waals surface area contributed by atoms with Gasteiger partial charge in [0.15, 0.2) is 0 Å². The maximum atomic E-state index is 12.4. The molecular weight excluding hydrogens is 368 g/mol. The molecule has 25 heavy (non-hydrogen) atoms. The third kappa shape index (κ3) is 5.09. The lowest BCUT2D eigenvalue weighted by Crippen LogP contribution is -2.33. The Balaban J connectivity index is 2.10. The van der Waals surface area contributed by atoms with Crippen LogP contribution in [0, 0.1) is 0 Å². The minimum absolute atomic E-state index is 0.120. The molecule has 9 heteroatoms. The molecule has 2 aromatic rings. The van der Waals surface area contributed by atoms with E-state index in [2.05, 4.69) is 10.0 Å². The number of carbonyl (C=O) groups is 1. The molecule has 0 heterocycles. The van der Waals surface area contributed by atoms with Gasteiger partial charge in [-0.25, -0.2) is 13.1 Å². The summed E-state index contributed by atoms with van der Waals surface area (Å²) in [6.45, 7) is -0.449. The maximum Gasteiger partial charge on any atom is 0.244 e. The summed E-state index contributed by atoms with van der Waals surface area (Å²) in [6, 6.07) is 10.9. The van der Waals surface area contributed by atoms with Gasteiger partial charge >= 0.3 is 0 Å². The molecule has 134 valence electrons. The first-order valence-corrected chi connectivity index (χ1v) is 8.99. The molecule has 0 saturated carbocycles. The fourth-order valence-corrected chi connectivity index (χ4v) is 3.36. The fourth-order valence-electron chi connectivity index (χ4n) is 2.00. The van der Waals surface area contributed by atoms with Gasteiger partial charge in [-0.2, -0.15) is 0 Å². The van der Waals surface area contributed by atoms with Gasteiger partial charge in [-0.3, -0.25) is 4.79 Å². The number of hydrogen-bond acceptors (Lipinski definition) is 5. The molecule has 0 aromatic heterocycles. The van der Waals surface area contributed by atoms with E-state index in [-0.39, 0.29) is 10.6 Å². The zero-order valence-corrected chi connectivity index (χ0v) is 15.1. The minimum Gasteiger partial charge on any atom is -0.497 e. The largest absolute Gasteiger partial charge is 0.497 e. The van der Waals surface area contributed by atoms with Crippen molar-refractivity contribution in [2.24, 2.45) is 0 Å². The molecule has 0 atom stereocenters. The van der Waals surface area contributed by atoms with Crippen molar-refractivity contribution in [1.82, 2.24) is 4.72 Å². The second kappa shape index (κ2) is 8.19. The molecule has 2 N–H and O–H groups in total. The maximum absolute atomic E-state index is 12.4. The Morgan fingerprint density at radius 3 is 2.52 bits per heavy atom. The topological polar surface area (TPSA) is 93.7 Å². The first kappa shape index (κ1) is 19.0. The van der Waals surface area contributed by atoms with E-state index in [9.17, 15) is 13.2 Å². The van der Waals surface area contributed by atoms with E-state index in [1.165, 1.54) is 26.4 Å². The smallest absolute Gasteiger partial charge is 0.244 e. The van der Waals surface area contributed by atoms with Gasteiger partial charge in [0.05, 0.1) is 20.8 Å². The molecule has 0 fully saturated rings. The number of rotatable bonds is 7. The second-order valence-electron chi connectivity index (χ2n) is 4.90. The van der Waals surface area contributed by atoms with Crippen molar-refractivity contribution in [2.75, 3.05) is 26.1 Å². The van der Waals surface area contributed by atoms with Gasteiger partial charge in [0.25, 0.3) is 0 Å². The summed E-state index contributed by atoms with van der Waals surface area (Å²) in [7, 11) is -1.20. The van der Waals surface area contributed by atoms with Crippen molar-refractivity contribution in [3.8, 4) is 11.5 Å². The third-order valence-electron chi connectivity index (χ3n) is 3.19. The highest BCUT2D eigenvalue weighted by molar-refractivity contribution is 7.89. The van der Waals surface area contributed by atoms with Crippen LogP contribution < -0.4 is 19.5 Å². The minimum atomic E-state index is -3.97. The van der Waals surface area contributed by atoms with Crippen LogP contribution in [0.2, 0.25) is 5.02 Å². The number of ether oxygens (including phenoxy) is 2. The van der Waals surface area contributed by atoms with E-state index in [4.69, 9.17) is 21.1 Å². The molecule has 2 aromatic carbocycles. The number of methoxy groups -OCH3 is 2. The summed E-state index contributed by atoms with van der Waals surface area (Å²) in [6.07, 6.45) is 0. The van der Waals surface area contributed by atoms with E-state index < -0.39 is 22.5 Å². The number of hydrogen-bond donors (Lipinski definition) is 2. The van der Waals surface area contributed by atoms with Crippen LogP contribution in [0.25, 0.3) is 0 Å². The van der Waals surface area contributed by atoms with E-state index in [1.54, 1.807) is 30.3 Å². The summed E-state index contributed by atoms with van der Waals surface area (Å²) >= 11 is 5.83. The molecule has 2 rings (SSSR count). The number of amides is 1. The summed E-state index contributed by atoms with van der Waals surface area (Å²) in [5, 5.41) is 3.01. The first-order valence-electron chi connectivity index (χ1n) is 7.13. The molecule has 0 aliphatic carbocycles. The van der Waals surface area contributed by atoms with Gasteiger partial charge in [-0.1, -0.05) is 17.7 Å². The lowest BCUT2D eigenvalue weighted by atomic mass is 10.3. The highest BCUT2D eigenvalue weighted by atomic mass is 35.5. The molecule has 0 aliphatic rings. The van der Waals surface area contributed by atoms with Crippen molar-refractivity contribution in [3.63, 3.8) is 0 Å². The highest BCUT2D eigenvalue weighted by Gasteiger charge is 2.21. The van der Waals surface area contributed by atoms with Crippen molar-refractivity contribution in [1.29, 1.82) is 0 Å². The summed E-state index contributed by atoms with van der Waals surface area (Å²) < 4.78 is 37.2. The van der Waals surface area contributed by atoms with Crippen molar-refractivity contribution >= 4 is 33.2 Å². The van der Waals surface area contributed by atoms with Crippen LogP contribution in [0.3, 0.4) is 0 Å². The Hall–Kier alpha value is -2.29. The van der Waals surface area contributed by atoms with Crippen LogP contribution >= 0.6 is 11.6 Å². The second-order valence-corrected chi connectivity index (χ2v) is 7.07. The number of sulfonamides is 1. The SMILES string of the molecule is COc1ccc(OC)c(S(=O)(=O)NCC(=O)Nc2cccc(Cl)c2)c1. The molecular formula is C16H17ClN2O5S. The van der Waals surface area contributed by atoms with Crippen LogP contribution in [0.5, 0.6) is 11.5 Å². The Morgan fingerprint density at radius 1 is 1.12 bits per heavy atom. The van der Waals surface area contributed by atoms with Crippen molar-refractivity contribution in [3.05, 3.63) is 47.5 Å². The van der Waals surface area contributed by atoms with Gasteiger partial charge in [0.2, 0.25) is 15.9 Å². The number of halogens is 1. The Bertz CT molecular complexity index is 871. The normalized spacial score (nSPS) is 11.0. The van der Waals surface area contributed by atoms with Crippen molar-refractivity contribution < 1.29 is 22.7 Å². The van der Waals surface area contributed by atoms with Gasteiger partial charge in [-0.15, -0.1) is 0 Å². The average Bonchev–Trinajstić information content (AvgIpc) is 2.59. The monoisotopic (exact) mass is 384 g/mol. The van der Waals surface area contributed by atoms with E-state index in [0.717, 1.165) is 0 Å². The molecule has 7 nitrogen and oxygen atoms in total. The molecule has 0 radical (unpaired) electrons. The Labute approximate surface area is 151 Å². The summed E-state index contributed by atoms with van der Waals surface area (Å²) in [4.78, 5) is 11.8. The number of carbonyl (C=O) groups excluding carboxylic acids is 1. The molecule has 0 unspecified atom stereocenters. The van der Waals surface area contributed by atoms with E-state index >= 15 is 0 Å². The molecule has 1 amide bonds.